The van der Waals surface area contributed by atoms with E-state index < -0.39 is 6.04 Å². The molecule has 2 N–H and O–H groups in total. The van der Waals surface area contributed by atoms with Crippen LogP contribution in [0.15, 0.2) is 24.3 Å². The van der Waals surface area contributed by atoms with Crippen LogP contribution < -0.4 is 20.3 Å². The molecule has 25 heavy (non-hydrogen) atoms. The average molecular weight is 368 g/mol. The van der Waals surface area contributed by atoms with Crippen LogP contribution in [-0.4, -0.2) is 44.1 Å². The van der Waals surface area contributed by atoms with Gasteiger partial charge in [0.15, 0.2) is 0 Å². The third-order valence-corrected chi connectivity index (χ3v) is 4.89. The van der Waals surface area contributed by atoms with Crippen molar-refractivity contribution in [3.63, 3.8) is 0 Å². The predicted molar refractivity (Wildman–Crippen MR) is 99.3 cm³/mol. The molecule has 0 radical (unpaired) electrons. The first-order valence-corrected chi connectivity index (χ1v) is 8.58. The summed E-state index contributed by atoms with van der Waals surface area (Å²) in [5.74, 6) is 0.609. The van der Waals surface area contributed by atoms with E-state index in [-0.39, 0.29) is 30.1 Å². The fraction of sp³-hybridized carbons (Fsp3) is 0.556. The zero-order valence-electron chi connectivity index (χ0n) is 14.7. The van der Waals surface area contributed by atoms with E-state index in [4.69, 9.17) is 4.74 Å². The van der Waals surface area contributed by atoms with Crippen molar-refractivity contribution in [1.29, 1.82) is 0 Å². The molecule has 1 unspecified atom stereocenters. The van der Waals surface area contributed by atoms with Gasteiger partial charge in [-0.25, -0.2) is 0 Å². The van der Waals surface area contributed by atoms with E-state index in [9.17, 15) is 9.59 Å². The number of carbonyl (C=O) groups excluding carboxylic acids is 2. The summed E-state index contributed by atoms with van der Waals surface area (Å²) in [5.41, 5.74) is 0.761. The van der Waals surface area contributed by atoms with Crippen LogP contribution in [0.1, 0.15) is 26.2 Å². The first-order valence-electron chi connectivity index (χ1n) is 8.58. The number of hydrogen-bond donors (Lipinski definition) is 2. The largest absolute Gasteiger partial charge is 0.495 e. The summed E-state index contributed by atoms with van der Waals surface area (Å²) < 4.78 is 5.34. The van der Waals surface area contributed by atoms with E-state index in [0.717, 1.165) is 25.1 Å². The second kappa shape index (κ2) is 8.54. The summed E-state index contributed by atoms with van der Waals surface area (Å²) >= 11 is 0. The van der Waals surface area contributed by atoms with Gasteiger partial charge in [0.05, 0.1) is 12.8 Å². The topological polar surface area (TPSA) is 70.7 Å². The molecular weight excluding hydrogens is 342 g/mol. The van der Waals surface area contributed by atoms with Crippen molar-refractivity contribution in [2.24, 2.45) is 5.92 Å². The first kappa shape index (κ1) is 19.5. The minimum Gasteiger partial charge on any atom is -0.495 e. The Labute approximate surface area is 154 Å². The predicted octanol–water partition coefficient (Wildman–Crippen LogP) is 1.73. The number of rotatable bonds is 4. The van der Waals surface area contributed by atoms with Crippen LogP contribution in [0.3, 0.4) is 0 Å². The van der Waals surface area contributed by atoms with Gasteiger partial charge in [-0.1, -0.05) is 12.1 Å². The number of piperidine rings is 1. The number of amides is 2. The van der Waals surface area contributed by atoms with Gasteiger partial charge in [-0.15, -0.1) is 12.4 Å². The highest BCUT2D eigenvalue weighted by Gasteiger charge is 2.36. The normalized spacial score (nSPS) is 26.1. The molecule has 2 heterocycles. The first-order chi connectivity index (χ1) is 11.6. The second-order valence-corrected chi connectivity index (χ2v) is 6.59. The van der Waals surface area contributed by atoms with Gasteiger partial charge in [-0.05, 0) is 44.9 Å². The molecule has 7 heteroatoms. The number of carbonyl (C=O) groups is 2. The Morgan fingerprint density at radius 3 is 2.80 bits per heavy atom. The van der Waals surface area contributed by atoms with Crippen molar-refractivity contribution in [1.82, 2.24) is 10.6 Å². The fourth-order valence-corrected chi connectivity index (χ4v) is 3.57. The molecule has 0 saturated carbocycles. The van der Waals surface area contributed by atoms with Gasteiger partial charge in [0, 0.05) is 18.5 Å². The standard InChI is InChI=1S/C18H25N3O3.ClH/c1-12-11-13(7-9-19-12)17(22)20-14-8-10-21(18(14)23)15-5-3-4-6-16(15)24-2;/h3-6,12-14,19H,7-11H2,1-2H3,(H,20,22);1H/t12-,13-,14?;/m0./s1. The summed E-state index contributed by atoms with van der Waals surface area (Å²) in [7, 11) is 1.59. The number of nitrogens with zero attached hydrogens (tertiary/aromatic N) is 1. The summed E-state index contributed by atoms with van der Waals surface area (Å²) in [5, 5.41) is 6.30. The van der Waals surface area contributed by atoms with E-state index in [1.165, 1.54) is 0 Å². The summed E-state index contributed by atoms with van der Waals surface area (Å²) in [6.45, 7) is 3.53. The summed E-state index contributed by atoms with van der Waals surface area (Å²) in [4.78, 5) is 26.9. The Kier molecular flexibility index (Phi) is 6.67. The molecule has 0 aromatic heterocycles. The Hall–Kier alpha value is -1.79. The Morgan fingerprint density at radius 2 is 2.08 bits per heavy atom. The molecule has 2 aliphatic rings. The molecule has 0 aliphatic carbocycles. The highest BCUT2D eigenvalue weighted by molar-refractivity contribution is 6.02. The molecule has 2 saturated heterocycles. The Bertz CT molecular complexity index is 625. The molecular formula is C18H26ClN3O3. The van der Waals surface area contributed by atoms with Crippen molar-refractivity contribution in [3.8, 4) is 5.75 Å². The molecule has 1 aromatic carbocycles. The molecule has 2 amide bonds. The number of methoxy groups -OCH3 is 1. The zero-order valence-corrected chi connectivity index (χ0v) is 15.5. The van der Waals surface area contributed by atoms with E-state index in [1.54, 1.807) is 12.0 Å². The second-order valence-electron chi connectivity index (χ2n) is 6.59. The van der Waals surface area contributed by atoms with Crippen LogP contribution in [0.2, 0.25) is 0 Å². The molecule has 3 rings (SSSR count). The lowest BCUT2D eigenvalue weighted by atomic mass is 9.92. The zero-order chi connectivity index (χ0) is 17.1. The maximum atomic E-state index is 12.7. The van der Waals surface area contributed by atoms with Crippen LogP contribution in [0.5, 0.6) is 5.75 Å². The van der Waals surface area contributed by atoms with Gasteiger partial charge >= 0.3 is 0 Å². The Balaban J connectivity index is 0.00000225. The third-order valence-electron chi connectivity index (χ3n) is 4.89. The summed E-state index contributed by atoms with van der Waals surface area (Å²) in [6.07, 6.45) is 2.28. The van der Waals surface area contributed by atoms with E-state index in [2.05, 4.69) is 17.6 Å². The smallest absolute Gasteiger partial charge is 0.249 e. The molecule has 3 atom stereocenters. The van der Waals surface area contributed by atoms with Gasteiger partial charge in [0.25, 0.3) is 0 Å². The Morgan fingerprint density at radius 1 is 1.32 bits per heavy atom. The highest BCUT2D eigenvalue weighted by Crippen LogP contribution is 2.31. The van der Waals surface area contributed by atoms with Crippen molar-refractivity contribution in [2.45, 2.75) is 38.3 Å². The summed E-state index contributed by atoms with van der Waals surface area (Å²) in [6, 6.07) is 7.38. The number of para-hydroxylation sites is 2. The monoisotopic (exact) mass is 367 g/mol. The number of halogens is 1. The van der Waals surface area contributed by atoms with Crippen LogP contribution in [-0.2, 0) is 9.59 Å². The number of anilines is 1. The average Bonchev–Trinajstić information content (AvgIpc) is 2.95. The quantitative estimate of drug-likeness (QED) is 0.850. The number of hydrogen-bond acceptors (Lipinski definition) is 4. The van der Waals surface area contributed by atoms with E-state index >= 15 is 0 Å². The minimum atomic E-state index is -0.437. The van der Waals surface area contributed by atoms with Gasteiger partial charge in [0.2, 0.25) is 11.8 Å². The molecule has 2 aliphatic heterocycles. The van der Waals surface area contributed by atoms with Crippen molar-refractivity contribution in [2.75, 3.05) is 25.1 Å². The van der Waals surface area contributed by atoms with Gasteiger partial charge in [-0.2, -0.15) is 0 Å². The maximum absolute atomic E-state index is 12.7. The minimum absolute atomic E-state index is 0. The molecule has 1 aromatic rings. The lowest BCUT2D eigenvalue weighted by molar-refractivity contribution is -0.130. The molecule has 2 fully saturated rings. The van der Waals surface area contributed by atoms with Crippen molar-refractivity contribution >= 4 is 29.9 Å². The number of nitrogens with one attached hydrogen (secondary N) is 2. The molecule has 0 spiro atoms. The number of ether oxygens (including phenoxy) is 1. The van der Waals surface area contributed by atoms with E-state index in [1.807, 2.05) is 24.3 Å². The van der Waals surface area contributed by atoms with Gasteiger partial charge < -0.3 is 20.3 Å². The van der Waals surface area contributed by atoms with Crippen LogP contribution in [0.25, 0.3) is 0 Å². The van der Waals surface area contributed by atoms with Crippen LogP contribution in [0.4, 0.5) is 5.69 Å². The van der Waals surface area contributed by atoms with Crippen LogP contribution in [0, 0.1) is 5.92 Å². The lowest BCUT2D eigenvalue weighted by Crippen LogP contribution is -2.47. The van der Waals surface area contributed by atoms with Gasteiger partial charge in [0.1, 0.15) is 11.8 Å². The fourth-order valence-electron chi connectivity index (χ4n) is 3.57. The third kappa shape index (κ3) is 4.25. The molecule has 0 bridgehead atoms. The number of benzene rings is 1. The molecule has 138 valence electrons. The van der Waals surface area contributed by atoms with Crippen molar-refractivity contribution in [3.05, 3.63) is 24.3 Å². The van der Waals surface area contributed by atoms with Crippen LogP contribution >= 0.6 is 12.4 Å². The maximum Gasteiger partial charge on any atom is 0.249 e. The highest BCUT2D eigenvalue weighted by atomic mass is 35.5. The SMILES string of the molecule is COc1ccccc1N1CCC(NC(=O)[C@H]2CCN[C@@H](C)C2)C1=O.Cl. The lowest BCUT2D eigenvalue weighted by Gasteiger charge is -2.28. The van der Waals surface area contributed by atoms with Gasteiger partial charge in [-0.3, -0.25) is 9.59 Å². The molecule has 6 nitrogen and oxygen atoms in total. The van der Waals surface area contributed by atoms with E-state index in [0.29, 0.717) is 24.8 Å². The van der Waals surface area contributed by atoms with Crippen molar-refractivity contribution < 1.29 is 14.3 Å².